The molecule has 1 atom stereocenters. The number of anilines is 1. The molecule has 1 heterocycles. The van der Waals surface area contributed by atoms with E-state index in [1.54, 1.807) is 18.2 Å². The number of nitrogens with zero attached hydrogens (tertiary/aromatic N) is 1. The van der Waals surface area contributed by atoms with E-state index in [1.165, 1.54) is 17.9 Å². The summed E-state index contributed by atoms with van der Waals surface area (Å²) in [6.45, 7) is 1.10. The molecule has 7 nitrogen and oxygen atoms in total. The average molecular weight is 278 g/mol. The number of para-hydroxylation sites is 1. The van der Waals surface area contributed by atoms with Gasteiger partial charge in [-0.25, -0.2) is 4.79 Å². The van der Waals surface area contributed by atoms with Crippen LogP contribution in [-0.4, -0.2) is 37.2 Å². The molecule has 1 aromatic carbocycles. The SMILES string of the molecule is CC(=O)OCOC(=O)c1ccccc1N1CC(N)C1=O. The van der Waals surface area contributed by atoms with Gasteiger partial charge in [0.15, 0.2) is 0 Å². The maximum absolute atomic E-state index is 11.9. The van der Waals surface area contributed by atoms with E-state index in [9.17, 15) is 14.4 Å². The summed E-state index contributed by atoms with van der Waals surface area (Å²) >= 11 is 0. The maximum atomic E-state index is 11.9. The van der Waals surface area contributed by atoms with E-state index in [0.29, 0.717) is 12.2 Å². The summed E-state index contributed by atoms with van der Waals surface area (Å²) in [6.07, 6.45) is 0. The van der Waals surface area contributed by atoms with Gasteiger partial charge in [0.05, 0.1) is 17.8 Å². The van der Waals surface area contributed by atoms with E-state index < -0.39 is 24.8 Å². The second-order valence-corrected chi connectivity index (χ2v) is 4.26. The third-order valence-corrected chi connectivity index (χ3v) is 2.83. The second-order valence-electron chi connectivity index (χ2n) is 4.26. The van der Waals surface area contributed by atoms with Crippen molar-refractivity contribution in [1.29, 1.82) is 0 Å². The zero-order valence-electron chi connectivity index (χ0n) is 10.9. The number of esters is 2. The van der Waals surface area contributed by atoms with Gasteiger partial charge in [-0.15, -0.1) is 0 Å². The highest BCUT2D eigenvalue weighted by atomic mass is 16.7. The number of carbonyl (C=O) groups is 3. The number of benzene rings is 1. The average Bonchev–Trinajstić information content (AvgIpc) is 2.43. The second kappa shape index (κ2) is 5.70. The topological polar surface area (TPSA) is 98.9 Å². The lowest BCUT2D eigenvalue weighted by Crippen LogP contribution is -2.61. The quantitative estimate of drug-likeness (QED) is 0.474. The summed E-state index contributed by atoms with van der Waals surface area (Å²) < 4.78 is 9.34. The molecule has 0 saturated carbocycles. The molecule has 106 valence electrons. The number of carbonyl (C=O) groups excluding carboxylic acids is 3. The highest BCUT2D eigenvalue weighted by Gasteiger charge is 2.36. The van der Waals surface area contributed by atoms with Crippen LogP contribution in [0, 0.1) is 0 Å². The van der Waals surface area contributed by atoms with Gasteiger partial charge in [0.2, 0.25) is 12.7 Å². The molecule has 20 heavy (non-hydrogen) atoms. The van der Waals surface area contributed by atoms with Crippen LogP contribution in [0.1, 0.15) is 17.3 Å². The molecule has 2 N–H and O–H groups in total. The van der Waals surface area contributed by atoms with Crippen LogP contribution in [0.5, 0.6) is 0 Å². The molecule has 0 aromatic heterocycles. The number of amides is 1. The van der Waals surface area contributed by atoms with Crippen molar-refractivity contribution in [1.82, 2.24) is 0 Å². The molecular weight excluding hydrogens is 264 g/mol. The molecule has 1 amide bonds. The summed E-state index contributed by atoms with van der Waals surface area (Å²) in [5.74, 6) is -1.46. The Morgan fingerprint density at radius 1 is 1.35 bits per heavy atom. The predicted octanol–water partition coefficient (Wildman–Crippen LogP) is 0.0379. The van der Waals surface area contributed by atoms with Crippen molar-refractivity contribution in [3.05, 3.63) is 29.8 Å². The third kappa shape index (κ3) is 2.77. The van der Waals surface area contributed by atoms with Gasteiger partial charge in [0.1, 0.15) is 6.04 Å². The van der Waals surface area contributed by atoms with Gasteiger partial charge >= 0.3 is 11.9 Å². The van der Waals surface area contributed by atoms with E-state index in [0.717, 1.165) is 0 Å². The van der Waals surface area contributed by atoms with Gasteiger partial charge in [-0.3, -0.25) is 9.59 Å². The monoisotopic (exact) mass is 278 g/mol. The third-order valence-electron chi connectivity index (χ3n) is 2.83. The van der Waals surface area contributed by atoms with E-state index in [-0.39, 0.29) is 11.5 Å². The van der Waals surface area contributed by atoms with E-state index >= 15 is 0 Å². The Morgan fingerprint density at radius 2 is 2.05 bits per heavy atom. The Morgan fingerprint density at radius 3 is 2.65 bits per heavy atom. The molecule has 0 spiro atoms. The molecule has 0 radical (unpaired) electrons. The Hall–Kier alpha value is -2.41. The molecule has 1 aliphatic rings. The number of β-lactam (4-membered cyclic amide) rings is 1. The predicted molar refractivity (Wildman–Crippen MR) is 68.8 cm³/mol. The summed E-state index contributed by atoms with van der Waals surface area (Å²) in [5, 5.41) is 0. The molecule has 7 heteroatoms. The van der Waals surface area contributed by atoms with Gasteiger partial charge < -0.3 is 20.1 Å². The fourth-order valence-electron chi connectivity index (χ4n) is 1.79. The first-order chi connectivity index (χ1) is 9.50. The lowest BCUT2D eigenvalue weighted by molar-refractivity contribution is -0.149. The van der Waals surface area contributed by atoms with Crippen LogP contribution in [-0.2, 0) is 19.1 Å². The Balaban J connectivity index is 2.10. The minimum Gasteiger partial charge on any atom is -0.428 e. The molecule has 1 aromatic rings. The van der Waals surface area contributed by atoms with Gasteiger partial charge in [0, 0.05) is 6.92 Å². The van der Waals surface area contributed by atoms with Gasteiger partial charge in [-0.2, -0.15) is 0 Å². The fraction of sp³-hybridized carbons (Fsp3) is 0.308. The van der Waals surface area contributed by atoms with Crippen molar-refractivity contribution >= 4 is 23.5 Å². The first-order valence-electron chi connectivity index (χ1n) is 5.97. The molecular formula is C13H14N2O5. The van der Waals surface area contributed by atoms with E-state index in [2.05, 4.69) is 4.74 Å². The highest BCUT2D eigenvalue weighted by molar-refractivity contribution is 6.08. The normalized spacial score (nSPS) is 17.4. The van der Waals surface area contributed by atoms with Gasteiger partial charge in [0.25, 0.3) is 0 Å². The van der Waals surface area contributed by atoms with Crippen molar-refractivity contribution in [3.8, 4) is 0 Å². The summed E-state index contributed by atoms with van der Waals surface area (Å²) in [5.41, 5.74) is 6.18. The maximum Gasteiger partial charge on any atom is 0.343 e. The molecule has 1 saturated heterocycles. The molecule has 0 aliphatic carbocycles. The van der Waals surface area contributed by atoms with Crippen molar-refractivity contribution < 1.29 is 23.9 Å². The minimum absolute atomic E-state index is 0.222. The van der Waals surface area contributed by atoms with Crippen molar-refractivity contribution in [3.63, 3.8) is 0 Å². The zero-order valence-corrected chi connectivity index (χ0v) is 10.9. The minimum atomic E-state index is -0.671. The first kappa shape index (κ1) is 14.0. The summed E-state index contributed by atoms with van der Waals surface area (Å²) in [4.78, 5) is 35.5. The van der Waals surface area contributed by atoms with Crippen molar-refractivity contribution in [2.45, 2.75) is 13.0 Å². The summed E-state index contributed by atoms with van der Waals surface area (Å²) in [6, 6.07) is 5.99. The number of nitrogens with two attached hydrogens (primary N) is 1. The van der Waals surface area contributed by atoms with Crippen LogP contribution in [0.25, 0.3) is 0 Å². The van der Waals surface area contributed by atoms with Crippen molar-refractivity contribution in [2.24, 2.45) is 5.73 Å². The number of hydrogen-bond acceptors (Lipinski definition) is 6. The zero-order chi connectivity index (χ0) is 14.7. The standard InChI is InChI=1S/C13H14N2O5/c1-8(16)19-7-20-13(18)9-4-2-3-5-11(9)15-6-10(14)12(15)17/h2-5,10H,6-7,14H2,1H3. The molecule has 1 unspecified atom stereocenters. The van der Waals surface area contributed by atoms with E-state index in [1.807, 2.05) is 0 Å². The molecule has 0 bridgehead atoms. The highest BCUT2D eigenvalue weighted by Crippen LogP contribution is 2.26. The first-order valence-corrected chi connectivity index (χ1v) is 5.97. The van der Waals surface area contributed by atoms with Crippen molar-refractivity contribution in [2.75, 3.05) is 18.2 Å². The fourth-order valence-corrected chi connectivity index (χ4v) is 1.79. The Bertz CT molecular complexity index is 557. The smallest absolute Gasteiger partial charge is 0.343 e. The number of rotatable bonds is 4. The van der Waals surface area contributed by atoms with Crippen LogP contribution >= 0.6 is 0 Å². The Kier molecular flexibility index (Phi) is 3.99. The van der Waals surface area contributed by atoms with Gasteiger partial charge in [-0.1, -0.05) is 12.1 Å². The van der Waals surface area contributed by atoms with Crippen LogP contribution in [0.2, 0.25) is 0 Å². The summed E-state index contributed by atoms with van der Waals surface area (Å²) in [7, 11) is 0. The lowest BCUT2D eigenvalue weighted by atomic mass is 10.0. The largest absolute Gasteiger partial charge is 0.428 e. The Labute approximate surface area is 115 Å². The lowest BCUT2D eigenvalue weighted by Gasteiger charge is -2.36. The number of ether oxygens (including phenoxy) is 2. The van der Waals surface area contributed by atoms with Crippen LogP contribution in [0.3, 0.4) is 0 Å². The van der Waals surface area contributed by atoms with Gasteiger partial charge in [-0.05, 0) is 12.1 Å². The van der Waals surface area contributed by atoms with E-state index in [4.69, 9.17) is 10.5 Å². The molecule has 1 fully saturated rings. The van der Waals surface area contributed by atoms with Crippen LogP contribution in [0.15, 0.2) is 24.3 Å². The van der Waals surface area contributed by atoms with Crippen LogP contribution in [0.4, 0.5) is 5.69 Å². The number of hydrogen-bond donors (Lipinski definition) is 1. The van der Waals surface area contributed by atoms with Crippen LogP contribution < -0.4 is 10.6 Å². The molecule has 1 aliphatic heterocycles. The molecule has 2 rings (SSSR count).